The van der Waals surface area contributed by atoms with Crippen LogP contribution in [-0.2, 0) is 10.0 Å². The van der Waals surface area contributed by atoms with E-state index in [1.807, 2.05) is 26.0 Å². The second kappa shape index (κ2) is 7.67. The van der Waals surface area contributed by atoms with Gasteiger partial charge >= 0.3 is 0 Å². The minimum Gasteiger partial charge on any atom is -0.355 e. The van der Waals surface area contributed by atoms with E-state index in [1.165, 1.54) is 17.1 Å². The quantitative estimate of drug-likeness (QED) is 0.742. The Morgan fingerprint density at radius 2 is 1.46 bits per heavy atom. The van der Waals surface area contributed by atoms with E-state index < -0.39 is 10.0 Å². The van der Waals surface area contributed by atoms with Gasteiger partial charge in [-0.05, 0) is 38.8 Å². The van der Waals surface area contributed by atoms with Gasteiger partial charge in [0.2, 0.25) is 0 Å². The van der Waals surface area contributed by atoms with Gasteiger partial charge in [0, 0.05) is 51.5 Å². The number of sulfonamides is 1. The molecule has 2 aliphatic heterocycles. The van der Waals surface area contributed by atoms with E-state index in [0.29, 0.717) is 26.2 Å². The minimum atomic E-state index is -3.57. The maximum Gasteiger partial charge on any atom is 0.262 e. The molecule has 0 amide bonds. The Hall–Kier alpha value is -2.20. The third-order valence-electron chi connectivity index (χ3n) is 5.41. The van der Waals surface area contributed by atoms with Crippen LogP contribution in [0.2, 0.25) is 0 Å². The lowest BCUT2D eigenvalue weighted by Crippen LogP contribution is -2.49. The number of piperazine rings is 1. The number of anilines is 2. The number of nitrogens with zero attached hydrogens (tertiary/aromatic N) is 7. The van der Waals surface area contributed by atoms with Crippen molar-refractivity contribution < 1.29 is 8.42 Å². The van der Waals surface area contributed by atoms with Gasteiger partial charge in [-0.15, -0.1) is 10.2 Å². The van der Waals surface area contributed by atoms with Gasteiger partial charge in [-0.3, -0.25) is 0 Å². The van der Waals surface area contributed by atoms with E-state index >= 15 is 0 Å². The fraction of sp³-hybridized carbons (Fsp3) is 0.611. The van der Waals surface area contributed by atoms with Crippen LogP contribution in [0.5, 0.6) is 0 Å². The van der Waals surface area contributed by atoms with Gasteiger partial charge in [-0.2, -0.15) is 4.31 Å². The first kappa shape index (κ1) is 19.1. The molecule has 152 valence electrons. The Morgan fingerprint density at radius 3 is 1.96 bits per heavy atom. The van der Waals surface area contributed by atoms with Crippen molar-refractivity contribution in [2.24, 2.45) is 0 Å². The molecule has 9 nitrogen and oxygen atoms in total. The topological polar surface area (TPSA) is 87.5 Å². The maximum atomic E-state index is 12.9. The largest absolute Gasteiger partial charge is 0.355 e. The summed E-state index contributed by atoms with van der Waals surface area (Å²) in [5.74, 6) is 1.72. The number of imidazole rings is 1. The molecule has 0 unspecified atom stereocenters. The maximum absolute atomic E-state index is 12.9. The monoisotopic (exact) mass is 405 g/mol. The van der Waals surface area contributed by atoms with E-state index in [4.69, 9.17) is 0 Å². The molecular weight excluding hydrogens is 378 g/mol. The smallest absolute Gasteiger partial charge is 0.262 e. The van der Waals surface area contributed by atoms with Gasteiger partial charge in [-0.25, -0.2) is 13.4 Å². The van der Waals surface area contributed by atoms with Gasteiger partial charge < -0.3 is 14.4 Å². The van der Waals surface area contributed by atoms with Crippen molar-refractivity contribution in [3.8, 4) is 0 Å². The van der Waals surface area contributed by atoms with Crippen LogP contribution in [0.25, 0.3) is 0 Å². The highest BCUT2D eigenvalue weighted by Crippen LogP contribution is 2.22. The Morgan fingerprint density at radius 1 is 0.893 bits per heavy atom. The molecule has 4 heterocycles. The lowest BCUT2D eigenvalue weighted by atomic mass is 10.3. The third-order valence-corrected chi connectivity index (χ3v) is 7.19. The lowest BCUT2D eigenvalue weighted by molar-refractivity contribution is 0.382. The summed E-state index contributed by atoms with van der Waals surface area (Å²) in [7, 11) is -3.57. The van der Waals surface area contributed by atoms with Crippen molar-refractivity contribution >= 4 is 21.7 Å². The lowest BCUT2D eigenvalue weighted by Gasteiger charge is -2.34. The Kier molecular flexibility index (Phi) is 5.24. The van der Waals surface area contributed by atoms with Crippen LogP contribution in [0.1, 0.15) is 32.7 Å². The summed E-state index contributed by atoms with van der Waals surface area (Å²) < 4.78 is 29.0. The summed E-state index contributed by atoms with van der Waals surface area (Å²) in [4.78, 5) is 8.43. The van der Waals surface area contributed by atoms with Crippen molar-refractivity contribution in [1.29, 1.82) is 0 Å². The molecule has 2 saturated heterocycles. The first-order chi connectivity index (χ1) is 13.4. The average molecular weight is 406 g/mol. The summed E-state index contributed by atoms with van der Waals surface area (Å²) in [5.41, 5.74) is 0. The van der Waals surface area contributed by atoms with Crippen molar-refractivity contribution in [2.45, 2.75) is 37.8 Å². The van der Waals surface area contributed by atoms with Crippen LogP contribution in [0.4, 0.5) is 11.6 Å². The molecule has 0 spiro atoms. The number of hydrogen-bond donors (Lipinski definition) is 0. The zero-order valence-electron chi connectivity index (χ0n) is 16.4. The summed E-state index contributed by atoms with van der Waals surface area (Å²) in [6, 6.07) is 4.17. The van der Waals surface area contributed by atoms with Crippen LogP contribution in [0.3, 0.4) is 0 Å². The Balaban J connectivity index is 1.39. The van der Waals surface area contributed by atoms with E-state index in [0.717, 1.165) is 24.7 Å². The highest BCUT2D eigenvalue weighted by atomic mass is 32.2. The van der Waals surface area contributed by atoms with Gasteiger partial charge in [0.15, 0.2) is 16.7 Å². The van der Waals surface area contributed by atoms with Gasteiger partial charge in [0.05, 0.1) is 6.33 Å². The summed E-state index contributed by atoms with van der Waals surface area (Å²) >= 11 is 0. The Bertz CT molecular complexity index is 896. The van der Waals surface area contributed by atoms with Gasteiger partial charge in [-0.1, -0.05) is 0 Å². The van der Waals surface area contributed by atoms with Crippen LogP contribution in [-0.4, -0.2) is 71.7 Å². The molecule has 2 aromatic rings. The van der Waals surface area contributed by atoms with Crippen LogP contribution in [0, 0.1) is 0 Å². The number of rotatable bonds is 5. The molecule has 2 aromatic heterocycles. The molecule has 0 radical (unpaired) electrons. The molecule has 0 bridgehead atoms. The van der Waals surface area contributed by atoms with E-state index in [-0.39, 0.29) is 11.1 Å². The first-order valence-corrected chi connectivity index (χ1v) is 11.3. The second-order valence-corrected chi connectivity index (χ2v) is 9.47. The minimum absolute atomic E-state index is 0.115. The standard InChI is InChI=1S/C18H27N7O2S/c1-15(2)24-13-18(19-14-24)28(26,27)25-11-9-23(10-12-25)17-6-5-16(20-21-17)22-7-3-4-8-22/h5-6,13-15H,3-4,7-12H2,1-2H3. The van der Waals surface area contributed by atoms with Crippen molar-refractivity contribution in [1.82, 2.24) is 24.1 Å². The highest BCUT2D eigenvalue weighted by molar-refractivity contribution is 7.89. The molecule has 2 aliphatic rings. The van der Waals surface area contributed by atoms with Crippen molar-refractivity contribution in [3.63, 3.8) is 0 Å². The molecule has 0 saturated carbocycles. The van der Waals surface area contributed by atoms with Crippen LogP contribution >= 0.6 is 0 Å². The fourth-order valence-corrected chi connectivity index (χ4v) is 4.97. The predicted octanol–water partition coefficient (Wildman–Crippen LogP) is 1.37. The molecule has 0 N–H and O–H groups in total. The molecule has 0 atom stereocenters. The molecule has 4 rings (SSSR count). The van der Waals surface area contributed by atoms with E-state index in [2.05, 4.69) is 25.0 Å². The summed E-state index contributed by atoms with van der Waals surface area (Å²) in [5, 5.41) is 8.84. The number of aromatic nitrogens is 4. The molecule has 10 heteroatoms. The van der Waals surface area contributed by atoms with Crippen LogP contribution < -0.4 is 9.80 Å². The molecule has 28 heavy (non-hydrogen) atoms. The molecule has 0 aromatic carbocycles. The van der Waals surface area contributed by atoms with Gasteiger partial charge in [0.1, 0.15) is 0 Å². The second-order valence-electron chi connectivity index (χ2n) is 7.59. The first-order valence-electron chi connectivity index (χ1n) is 9.82. The zero-order valence-corrected chi connectivity index (χ0v) is 17.2. The highest BCUT2D eigenvalue weighted by Gasteiger charge is 2.31. The number of hydrogen-bond acceptors (Lipinski definition) is 7. The third kappa shape index (κ3) is 3.70. The predicted molar refractivity (Wildman–Crippen MR) is 107 cm³/mol. The van der Waals surface area contributed by atoms with E-state index in [9.17, 15) is 8.42 Å². The average Bonchev–Trinajstić information content (AvgIpc) is 3.41. The molecular formula is C18H27N7O2S. The summed E-state index contributed by atoms with van der Waals surface area (Å²) in [6.07, 6.45) is 5.59. The zero-order chi connectivity index (χ0) is 19.7. The molecule has 2 fully saturated rings. The molecule has 0 aliphatic carbocycles. The normalized spacial score (nSPS) is 19.0. The Labute approximate surface area is 166 Å². The van der Waals surface area contributed by atoms with Gasteiger partial charge in [0.25, 0.3) is 10.0 Å². The van der Waals surface area contributed by atoms with Crippen LogP contribution in [0.15, 0.2) is 29.7 Å². The van der Waals surface area contributed by atoms with Crippen molar-refractivity contribution in [3.05, 3.63) is 24.7 Å². The van der Waals surface area contributed by atoms with E-state index in [1.54, 1.807) is 17.1 Å². The fourth-order valence-electron chi connectivity index (χ4n) is 3.62. The summed E-state index contributed by atoms with van der Waals surface area (Å²) in [6.45, 7) is 8.05. The SMILES string of the molecule is CC(C)n1cnc(S(=O)(=O)N2CCN(c3ccc(N4CCCC4)nn3)CC2)c1. The van der Waals surface area contributed by atoms with Crippen molar-refractivity contribution in [2.75, 3.05) is 49.1 Å².